The summed E-state index contributed by atoms with van der Waals surface area (Å²) in [4.78, 5) is 12.0. The number of anilines is 1. The van der Waals surface area contributed by atoms with E-state index in [0.717, 1.165) is 0 Å². The fourth-order valence-electron chi connectivity index (χ4n) is 1.74. The van der Waals surface area contributed by atoms with Crippen molar-refractivity contribution in [3.8, 4) is 11.5 Å². The number of hydrogen-bond donors (Lipinski definition) is 1. The Hall–Kier alpha value is -2.21. The number of ether oxygens (including phenoxy) is 1. The van der Waals surface area contributed by atoms with Crippen molar-refractivity contribution in [2.75, 3.05) is 11.9 Å². The highest BCUT2D eigenvalue weighted by atomic mass is 16.5. The fraction of sp³-hybridized carbons (Fsp3) is 0.357. The Morgan fingerprint density at radius 2 is 2.15 bits per heavy atom. The molecular weight excluding hydrogens is 258 g/mol. The standard InChI is InChI=1S/C14H17N3O3/c1-4-19-9(2)13(18)15-12-8-6-5-7-11(12)14-17-16-10(3)20-14/h5-9H,4H2,1-3H3,(H,15,18). The molecule has 1 N–H and O–H groups in total. The monoisotopic (exact) mass is 275 g/mol. The molecule has 0 saturated carbocycles. The van der Waals surface area contributed by atoms with Crippen LogP contribution in [-0.4, -0.2) is 28.8 Å². The Morgan fingerprint density at radius 1 is 1.40 bits per heavy atom. The van der Waals surface area contributed by atoms with E-state index in [1.165, 1.54) is 0 Å². The maximum Gasteiger partial charge on any atom is 0.253 e. The number of nitrogens with one attached hydrogen (secondary N) is 1. The number of carbonyl (C=O) groups is 1. The van der Waals surface area contributed by atoms with Gasteiger partial charge in [0.2, 0.25) is 11.8 Å². The number of benzene rings is 1. The maximum atomic E-state index is 12.0. The molecule has 6 nitrogen and oxygen atoms in total. The van der Waals surface area contributed by atoms with E-state index in [4.69, 9.17) is 9.15 Å². The molecule has 0 bridgehead atoms. The second-order valence-electron chi connectivity index (χ2n) is 4.26. The van der Waals surface area contributed by atoms with Crippen LogP contribution in [0.2, 0.25) is 0 Å². The van der Waals surface area contributed by atoms with Crippen LogP contribution in [0.25, 0.3) is 11.5 Å². The van der Waals surface area contributed by atoms with E-state index in [1.807, 2.05) is 25.1 Å². The number of carbonyl (C=O) groups excluding carboxylic acids is 1. The van der Waals surface area contributed by atoms with Gasteiger partial charge in [-0.05, 0) is 26.0 Å². The third kappa shape index (κ3) is 3.21. The molecule has 2 rings (SSSR count). The molecule has 1 heterocycles. The zero-order valence-electron chi connectivity index (χ0n) is 11.7. The van der Waals surface area contributed by atoms with Gasteiger partial charge in [-0.2, -0.15) is 0 Å². The summed E-state index contributed by atoms with van der Waals surface area (Å²) in [5.74, 6) is 0.641. The van der Waals surface area contributed by atoms with Gasteiger partial charge in [0.1, 0.15) is 6.10 Å². The molecule has 2 aromatic rings. The zero-order valence-corrected chi connectivity index (χ0v) is 11.7. The highest BCUT2D eigenvalue weighted by Crippen LogP contribution is 2.26. The smallest absolute Gasteiger partial charge is 0.253 e. The summed E-state index contributed by atoms with van der Waals surface area (Å²) in [5, 5.41) is 10.6. The third-order valence-electron chi connectivity index (χ3n) is 2.73. The quantitative estimate of drug-likeness (QED) is 0.906. The molecule has 1 amide bonds. The third-order valence-corrected chi connectivity index (χ3v) is 2.73. The van der Waals surface area contributed by atoms with Crippen LogP contribution < -0.4 is 5.32 Å². The predicted octanol–water partition coefficient (Wildman–Crippen LogP) is 2.41. The molecular formula is C14H17N3O3. The molecule has 0 radical (unpaired) electrons. The van der Waals surface area contributed by atoms with E-state index in [0.29, 0.717) is 29.6 Å². The Labute approximate surface area is 117 Å². The zero-order chi connectivity index (χ0) is 14.5. The van der Waals surface area contributed by atoms with E-state index in [9.17, 15) is 4.79 Å². The van der Waals surface area contributed by atoms with Gasteiger partial charge in [-0.25, -0.2) is 0 Å². The molecule has 0 aliphatic heterocycles. The minimum atomic E-state index is -0.516. The van der Waals surface area contributed by atoms with Crippen LogP contribution in [0, 0.1) is 6.92 Å². The summed E-state index contributed by atoms with van der Waals surface area (Å²) >= 11 is 0. The average Bonchev–Trinajstić information content (AvgIpc) is 2.86. The lowest BCUT2D eigenvalue weighted by atomic mass is 10.1. The van der Waals surface area contributed by atoms with Crippen molar-refractivity contribution in [1.82, 2.24) is 10.2 Å². The predicted molar refractivity (Wildman–Crippen MR) is 74.2 cm³/mol. The van der Waals surface area contributed by atoms with E-state index in [-0.39, 0.29) is 5.91 Å². The van der Waals surface area contributed by atoms with Crippen molar-refractivity contribution in [1.29, 1.82) is 0 Å². The first-order valence-corrected chi connectivity index (χ1v) is 6.43. The van der Waals surface area contributed by atoms with Crippen LogP contribution in [0.3, 0.4) is 0 Å². The second kappa shape index (κ2) is 6.29. The van der Waals surface area contributed by atoms with E-state index in [1.54, 1.807) is 19.9 Å². The summed E-state index contributed by atoms with van der Waals surface area (Å²) in [7, 11) is 0. The topological polar surface area (TPSA) is 77.2 Å². The highest BCUT2D eigenvalue weighted by Gasteiger charge is 2.16. The molecule has 0 aliphatic rings. The molecule has 6 heteroatoms. The lowest BCUT2D eigenvalue weighted by molar-refractivity contribution is -0.126. The van der Waals surface area contributed by atoms with E-state index < -0.39 is 6.10 Å². The molecule has 106 valence electrons. The number of para-hydroxylation sites is 1. The number of rotatable bonds is 5. The van der Waals surface area contributed by atoms with Crippen molar-refractivity contribution in [3.63, 3.8) is 0 Å². The Kier molecular flexibility index (Phi) is 4.47. The van der Waals surface area contributed by atoms with Gasteiger partial charge in [-0.15, -0.1) is 10.2 Å². The largest absolute Gasteiger partial charge is 0.421 e. The minimum Gasteiger partial charge on any atom is -0.421 e. The van der Waals surface area contributed by atoms with E-state index >= 15 is 0 Å². The summed E-state index contributed by atoms with van der Waals surface area (Å²) in [6, 6.07) is 7.27. The van der Waals surface area contributed by atoms with Crippen LogP contribution in [0.1, 0.15) is 19.7 Å². The van der Waals surface area contributed by atoms with E-state index in [2.05, 4.69) is 15.5 Å². The van der Waals surface area contributed by atoms with Crippen molar-refractivity contribution in [2.45, 2.75) is 26.9 Å². The highest BCUT2D eigenvalue weighted by molar-refractivity contribution is 5.97. The minimum absolute atomic E-state index is 0.212. The summed E-state index contributed by atoms with van der Waals surface area (Å²) in [5.41, 5.74) is 1.30. The van der Waals surface area contributed by atoms with Crippen LogP contribution in [0.5, 0.6) is 0 Å². The van der Waals surface area contributed by atoms with Gasteiger partial charge in [0.05, 0.1) is 11.3 Å². The van der Waals surface area contributed by atoms with Gasteiger partial charge in [0, 0.05) is 13.5 Å². The first-order valence-electron chi connectivity index (χ1n) is 6.43. The molecule has 0 fully saturated rings. The summed E-state index contributed by atoms with van der Waals surface area (Å²) < 4.78 is 10.7. The van der Waals surface area contributed by atoms with Crippen molar-refractivity contribution in [3.05, 3.63) is 30.2 Å². The second-order valence-corrected chi connectivity index (χ2v) is 4.26. The first-order chi connectivity index (χ1) is 9.61. The van der Waals surface area contributed by atoms with Crippen LogP contribution in [-0.2, 0) is 9.53 Å². The number of aryl methyl sites for hydroxylation is 1. The molecule has 0 saturated heterocycles. The molecule has 0 spiro atoms. The molecule has 0 aliphatic carbocycles. The summed E-state index contributed by atoms with van der Waals surface area (Å²) in [6.45, 7) is 5.76. The maximum absolute atomic E-state index is 12.0. The lowest BCUT2D eigenvalue weighted by Gasteiger charge is -2.13. The first kappa shape index (κ1) is 14.2. The van der Waals surface area contributed by atoms with Crippen LogP contribution >= 0.6 is 0 Å². The number of nitrogens with zero attached hydrogens (tertiary/aromatic N) is 2. The van der Waals surface area contributed by atoms with Crippen molar-refractivity contribution < 1.29 is 13.9 Å². The molecule has 1 atom stereocenters. The fourth-order valence-corrected chi connectivity index (χ4v) is 1.74. The Balaban J connectivity index is 2.22. The Morgan fingerprint density at radius 3 is 2.80 bits per heavy atom. The molecule has 1 unspecified atom stereocenters. The lowest BCUT2D eigenvalue weighted by Crippen LogP contribution is -2.27. The normalized spacial score (nSPS) is 12.2. The SMILES string of the molecule is CCOC(C)C(=O)Nc1ccccc1-c1nnc(C)o1. The van der Waals surface area contributed by atoms with Crippen LogP contribution in [0.15, 0.2) is 28.7 Å². The van der Waals surface area contributed by atoms with Crippen LogP contribution in [0.4, 0.5) is 5.69 Å². The Bertz CT molecular complexity index is 595. The molecule has 1 aromatic carbocycles. The van der Waals surface area contributed by atoms with Gasteiger partial charge >= 0.3 is 0 Å². The average molecular weight is 275 g/mol. The number of aromatic nitrogens is 2. The van der Waals surface area contributed by atoms with Crippen molar-refractivity contribution >= 4 is 11.6 Å². The number of amides is 1. The van der Waals surface area contributed by atoms with Gasteiger partial charge in [0.25, 0.3) is 5.91 Å². The summed E-state index contributed by atoms with van der Waals surface area (Å²) in [6.07, 6.45) is -0.516. The molecule has 1 aromatic heterocycles. The van der Waals surface area contributed by atoms with Crippen molar-refractivity contribution in [2.24, 2.45) is 0 Å². The van der Waals surface area contributed by atoms with Gasteiger partial charge in [0.15, 0.2) is 0 Å². The number of hydrogen-bond acceptors (Lipinski definition) is 5. The van der Waals surface area contributed by atoms with Gasteiger partial charge in [-0.3, -0.25) is 4.79 Å². The van der Waals surface area contributed by atoms with Gasteiger partial charge in [-0.1, -0.05) is 12.1 Å². The van der Waals surface area contributed by atoms with Gasteiger partial charge < -0.3 is 14.5 Å². The molecule has 20 heavy (non-hydrogen) atoms.